The minimum atomic E-state index is -1.11. The van der Waals surface area contributed by atoms with Crippen LogP contribution in [0.25, 0.3) is 0 Å². The third-order valence-corrected chi connectivity index (χ3v) is 4.11. The average Bonchev–Trinajstić information content (AvgIpc) is 2.47. The summed E-state index contributed by atoms with van der Waals surface area (Å²) in [5.41, 5.74) is -0.524. The Morgan fingerprint density at radius 1 is 1.23 bits per heavy atom. The molecule has 1 aliphatic carbocycles. The van der Waals surface area contributed by atoms with Gasteiger partial charge >= 0.3 is 0 Å². The Balaban J connectivity index is 2.08. The Hall–Kier alpha value is -1.58. The smallest absolute Gasteiger partial charge is 0.264 e. The van der Waals surface area contributed by atoms with Gasteiger partial charge < -0.3 is 4.74 Å². The zero-order valence-corrected chi connectivity index (χ0v) is 13.8. The van der Waals surface area contributed by atoms with E-state index in [1.54, 1.807) is 44.2 Å². The summed E-state index contributed by atoms with van der Waals surface area (Å²) in [6.45, 7) is 3.18. The monoisotopic (exact) mass is 338 g/mol. The minimum Gasteiger partial charge on any atom is -0.479 e. The summed E-state index contributed by atoms with van der Waals surface area (Å²) in [6.07, 6.45) is 5.97. The standard InChI is InChI=1S/C17H16Cl2O3/c1-17(2,16(19)21)22-14-9-5-12(6-10-14)15(20)11-3-7-13(18)8-4-11/h3,5-11H,4H2,1-2H3. The summed E-state index contributed by atoms with van der Waals surface area (Å²) >= 11 is 11.3. The molecular formula is C17H16Cl2O3. The average molecular weight is 339 g/mol. The third-order valence-electron chi connectivity index (χ3n) is 3.38. The molecule has 0 bridgehead atoms. The van der Waals surface area contributed by atoms with Gasteiger partial charge in [0.25, 0.3) is 5.24 Å². The Kier molecular flexibility index (Phi) is 5.09. The van der Waals surface area contributed by atoms with Gasteiger partial charge in [0, 0.05) is 16.5 Å². The maximum absolute atomic E-state index is 12.4. The number of carbonyl (C=O) groups excluding carboxylic acids is 2. The number of halogens is 2. The van der Waals surface area contributed by atoms with E-state index in [4.69, 9.17) is 27.9 Å². The molecule has 0 saturated heterocycles. The second kappa shape index (κ2) is 6.67. The van der Waals surface area contributed by atoms with Crippen molar-refractivity contribution in [3.8, 4) is 5.75 Å². The first-order valence-electron chi connectivity index (χ1n) is 6.87. The minimum absolute atomic E-state index is 0.0240. The first-order chi connectivity index (χ1) is 10.3. The van der Waals surface area contributed by atoms with Crippen LogP contribution >= 0.6 is 23.2 Å². The van der Waals surface area contributed by atoms with Crippen molar-refractivity contribution in [3.63, 3.8) is 0 Å². The van der Waals surface area contributed by atoms with Gasteiger partial charge in [-0.05, 0) is 62.2 Å². The van der Waals surface area contributed by atoms with Crippen molar-refractivity contribution in [2.24, 2.45) is 5.92 Å². The predicted octanol–water partition coefficient (Wildman–Crippen LogP) is 4.49. The van der Waals surface area contributed by atoms with E-state index in [0.717, 1.165) is 0 Å². The molecule has 0 heterocycles. The lowest BCUT2D eigenvalue weighted by Crippen LogP contribution is -2.34. The second-order valence-electron chi connectivity index (χ2n) is 5.57. The molecular weight excluding hydrogens is 323 g/mol. The second-order valence-corrected chi connectivity index (χ2v) is 6.34. The molecule has 1 unspecified atom stereocenters. The van der Waals surface area contributed by atoms with Crippen molar-refractivity contribution in [1.29, 1.82) is 0 Å². The molecule has 2 rings (SSSR count). The number of rotatable bonds is 5. The summed E-state index contributed by atoms with van der Waals surface area (Å²) in [5.74, 6) is 0.309. The number of hydrogen-bond donors (Lipinski definition) is 0. The van der Waals surface area contributed by atoms with Crippen LogP contribution in [0.5, 0.6) is 5.75 Å². The molecule has 1 aromatic carbocycles. The van der Waals surface area contributed by atoms with Gasteiger partial charge in [-0.25, -0.2) is 0 Å². The molecule has 0 radical (unpaired) electrons. The molecule has 0 spiro atoms. The van der Waals surface area contributed by atoms with Crippen LogP contribution in [-0.2, 0) is 4.79 Å². The molecule has 116 valence electrons. The molecule has 5 heteroatoms. The van der Waals surface area contributed by atoms with E-state index in [-0.39, 0.29) is 11.7 Å². The molecule has 3 nitrogen and oxygen atoms in total. The number of hydrogen-bond acceptors (Lipinski definition) is 3. The van der Waals surface area contributed by atoms with Crippen LogP contribution in [-0.4, -0.2) is 16.6 Å². The van der Waals surface area contributed by atoms with Crippen molar-refractivity contribution in [1.82, 2.24) is 0 Å². The fourth-order valence-electron chi connectivity index (χ4n) is 2.02. The van der Waals surface area contributed by atoms with Gasteiger partial charge in [0.05, 0.1) is 0 Å². The van der Waals surface area contributed by atoms with Gasteiger partial charge in [0.2, 0.25) is 0 Å². The van der Waals surface area contributed by atoms with Crippen molar-refractivity contribution in [3.05, 3.63) is 53.1 Å². The van der Waals surface area contributed by atoms with E-state index in [0.29, 0.717) is 22.8 Å². The van der Waals surface area contributed by atoms with E-state index in [2.05, 4.69) is 0 Å². The highest BCUT2D eigenvalue weighted by Crippen LogP contribution is 2.25. The van der Waals surface area contributed by atoms with Crippen LogP contribution in [0.1, 0.15) is 30.6 Å². The molecule has 1 atom stereocenters. The molecule has 1 aliphatic rings. The van der Waals surface area contributed by atoms with Gasteiger partial charge in [-0.1, -0.05) is 23.8 Å². The van der Waals surface area contributed by atoms with Crippen molar-refractivity contribution < 1.29 is 14.3 Å². The third kappa shape index (κ3) is 3.99. The number of carbonyl (C=O) groups is 2. The lowest BCUT2D eigenvalue weighted by atomic mass is 9.92. The summed E-state index contributed by atoms with van der Waals surface area (Å²) in [5, 5.41) is 0.0735. The number of Topliss-reactive ketones (excluding diaryl/α,β-unsaturated/α-hetero) is 1. The summed E-state index contributed by atoms with van der Waals surface area (Å²) in [7, 11) is 0. The van der Waals surface area contributed by atoms with Crippen LogP contribution in [0.4, 0.5) is 0 Å². The Morgan fingerprint density at radius 3 is 2.36 bits per heavy atom. The van der Waals surface area contributed by atoms with Gasteiger partial charge in [-0.2, -0.15) is 0 Å². The van der Waals surface area contributed by atoms with Crippen molar-refractivity contribution >= 4 is 34.2 Å². The lowest BCUT2D eigenvalue weighted by Gasteiger charge is -2.22. The first-order valence-corrected chi connectivity index (χ1v) is 7.62. The van der Waals surface area contributed by atoms with Crippen molar-refractivity contribution in [2.75, 3.05) is 0 Å². The maximum Gasteiger partial charge on any atom is 0.264 e. The molecule has 0 amide bonds. The van der Waals surface area contributed by atoms with E-state index in [9.17, 15) is 9.59 Å². The number of benzene rings is 1. The normalized spacial score (nSPS) is 17.8. The maximum atomic E-state index is 12.4. The molecule has 0 saturated carbocycles. The fourth-order valence-corrected chi connectivity index (χ4v) is 2.23. The molecule has 22 heavy (non-hydrogen) atoms. The van der Waals surface area contributed by atoms with E-state index in [1.165, 1.54) is 0 Å². The SMILES string of the molecule is CC(C)(Oc1ccc(C(=O)C2C=CC(Cl)=CC2)cc1)C(=O)Cl. The Labute approximate surface area is 139 Å². The topological polar surface area (TPSA) is 43.4 Å². The van der Waals surface area contributed by atoms with Gasteiger partial charge in [0.15, 0.2) is 11.4 Å². The molecule has 0 aliphatic heterocycles. The summed E-state index contributed by atoms with van der Waals surface area (Å²) in [6, 6.07) is 6.68. The molecule has 0 fully saturated rings. The van der Waals surface area contributed by atoms with Gasteiger partial charge in [-0.3, -0.25) is 9.59 Å². The summed E-state index contributed by atoms with van der Waals surface area (Å²) < 4.78 is 5.52. The Bertz CT molecular complexity index is 642. The zero-order chi connectivity index (χ0) is 16.3. The summed E-state index contributed by atoms with van der Waals surface area (Å²) in [4.78, 5) is 23.6. The predicted molar refractivity (Wildman–Crippen MR) is 87.5 cm³/mol. The first kappa shape index (κ1) is 16.8. The zero-order valence-electron chi connectivity index (χ0n) is 12.3. The van der Waals surface area contributed by atoms with E-state index in [1.807, 2.05) is 12.2 Å². The fraction of sp³-hybridized carbons (Fsp3) is 0.294. The van der Waals surface area contributed by atoms with Crippen LogP contribution in [0.2, 0.25) is 0 Å². The van der Waals surface area contributed by atoms with Gasteiger partial charge in [-0.15, -0.1) is 0 Å². The highest BCUT2D eigenvalue weighted by molar-refractivity contribution is 6.65. The van der Waals surface area contributed by atoms with E-state index >= 15 is 0 Å². The van der Waals surface area contributed by atoms with Crippen LogP contribution in [0.15, 0.2) is 47.5 Å². The van der Waals surface area contributed by atoms with Crippen LogP contribution in [0, 0.1) is 5.92 Å². The molecule has 0 aromatic heterocycles. The van der Waals surface area contributed by atoms with Crippen molar-refractivity contribution in [2.45, 2.75) is 25.9 Å². The number of ether oxygens (including phenoxy) is 1. The molecule has 0 N–H and O–H groups in total. The number of allylic oxidation sites excluding steroid dienone is 4. The van der Waals surface area contributed by atoms with Crippen LogP contribution < -0.4 is 4.74 Å². The molecule has 1 aromatic rings. The highest BCUT2D eigenvalue weighted by atomic mass is 35.5. The van der Waals surface area contributed by atoms with E-state index < -0.39 is 10.8 Å². The number of ketones is 1. The van der Waals surface area contributed by atoms with Gasteiger partial charge in [0.1, 0.15) is 5.75 Å². The van der Waals surface area contributed by atoms with Crippen LogP contribution in [0.3, 0.4) is 0 Å². The largest absolute Gasteiger partial charge is 0.479 e. The highest BCUT2D eigenvalue weighted by Gasteiger charge is 2.28. The Morgan fingerprint density at radius 2 is 1.86 bits per heavy atom. The quantitative estimate of drug-likeness (QED) is 0.586. The lowest BCUT2D eigenvalue weighted by molar-refractivity contribution is -0.123.